The molecule has 0 amide bonds. The van der Waals surface area contributed by atoms with Gasteiger partial charge >= 0.3 is 5.97 Å². The lowest BCUT2D eigenvalue weighted by Gasteiger charge is -2.11. The number of carboxylic acids is 1. The normalized spacial score (nSPS) is 10.4. The fourth-order valence-electron chi connectivity index (χ4n) is 2.11. The van der Waals surface area contributed by atoms with E-state index in [1.807, 2.05) is 6.07 Å². The summed E-state index contributed by atoms with van der Waals surface area (Å²) in [5, 5.41) is 14.4. The standard InChI is InChI=1S/C17H13ClFN5O2/c18-11-7-10(4-5-12(11)19)22-15-8-14(13-3-1-2-6-20-13)23-17(24-15)21-9-16(25)26/h1-8H,9H2,(H,25,26)(H2,21,22,23,24). The zero-order chi connectivity index (χ0) is 18.5. The van der Waals surface area contributed by atoms with Crippen molar-refractivity contribution in [3.8, 4) is 11.4 Å². The van der Waals surface area contributed by atoms with E-state index in [9.17, 15) is 9.18 Å². The van der Waals surface area contributed by atoms with Crippen molar-refractivity contribution in [1.82, 2.24) is 15.0 Å². The van der Waals surface area contributed by atoms with Gasteiger partial charge in [0.2, 0.25) is 5.95 Å². The molecule has 3 aromatic rings. The smallest absolute Gasteiger partial charge is 0.322 e. The Bertz CT molecular complexity index is 940. The van der Waals surface area contributed by atoms with Gasteiger partial charge in [0.15, 0.2) is 0 Å². The number of aromatic nitrogens is 3. The minimum absolute atomic E-state index is 0.0294. The van der Waals surface area contributed by atoms with Crippen molar-refractivity contribution in [3.05, 3.63) is 59.5 Å². The van der Waals surface area contributed by atoms with Crippen LogP contribution in [0.15, 0.2) is 48.7 Å². The third-order valence-electron chi connectivity index (χ3n) is 3.24. The number of hydrogen-bond donors (Lipinski definition) is 3. The van der Waals surface area contributed by atoms with E-state index in [1.54, 1.807) is 24.4 Å². The third kappa shape index (κ3) is 4.42. The van der Waals surface area contributed by atoms with Crippen molar-refractivity contribution in [2.24, 2.45) is 0 Å². The van der Waals surface area contributed by atoms with Crippen LogP contribution in [-0.2, 0) is 4.79 Å². The molecule has 0 radical (unpaired) electrons. The Kier molecular flexibility index (Phi) is 5.23. The molecule has 0 fully saturated rings. The van der Waals surface area contributed by atoms with Gasteiger partial charge in [-0.2, -0.15) is 4.98 Å². The SMILES string of the molecule is O=C(O)CNc1nc(Nc2ccc(F)c(Cl)c2)cc(-c2ccccn2)n1. The van der Waals surface area contributed by atoms with Crippen LogP contribution < -0.4 is 10.6 Å². The van der Waals surface area contributed by atoms with Gasteiger partial charge in [-0.25, -0.2) is 9.37 Å². The van der Waals surface area contributed by atoms with E-state index in [2.05, 4.69) is 25.6 Å². The highest BCUT2D eigenvalue weighted by Gasteiger charge is 2.10. The molecule has 0 unspecified atom stereocenters. The van der Waals surface area contributed by atoms with Crippen LogP contribution >= 0.6 is 11.6 Å². The van der Waals surface area contributed by atoms with Crippen LogP contribution in [0.1, 0.15) is 0 Å². The Morgan fingerprint density at radius 2 is 2.00 bits per heavy atom. The van der Waals surface area contributed by atoms with Gasteiger partial charge in [0.05, 0.1) is 16.4 Å². The topological polar surface area (TPSA) is 100 Å². The van der Waals surface area contributed by atoms with Crippen molar-refractivity contribution in [2.45, 2.75) is 0 Å². The summed E-state index contributed by atoms with van der Waals surface area (Å²) in [5.74, 6) is -1.09. The molecule has 2 aromatic heterocycles. The summed E-state index contributed by atoms with van der Waals surface area (Å²) in [6.45, 7) is -0.340. The Hall–Kier alpha value is -3.26. The number of anilines is 3. The lowest BCUT2D eigenvalue weighted by molar-refractivity contribution is -0.134. The molecule has 2 heterocycles. The van der Waals surface area contributed by atoms with E-state index in [0.29, 0.717) is 22.9 Å². The highest BCUT2D eigenvalue weighted by molar-refractivity contribution is 6.31. The van der Waals surface area contributed by atoms with Crippen LogP contribution in [0.2, 0.25) is 5.02 Å². The fourth-order valence-corrected chi connectivity index (χ4v) is 2.29. The first-order valence-corrected chi connectivity index (χ1v) is 7.87. The number of rotatable bonds is 6. The van der Waals surface area contributed by atoms with Crippen LogP contribution in [0.5, 0.6) is 0 Å². The second kappa shape index (κ2) is 7.75. The lowest BCUT2D eigenvalue weighted by atomic mass is 10.2. The molecule has 0 spiro atoms. The van der Waals surface area contributed by atoms with Crippen LogP contribution in [0.3, 0.4) is 0 Å². The quantitative estimate of drug-likeness (QED) is 0.607. The second-order valence-corrected chi connectivity index (χ2v) is 5.59. The van der Waals surface area contributed by atoms with E-state index >= 15 is 0 Å². The summed E-state index contributed by atoms with van der Waals surface area (Å²) in [7, 11) is 0. The minimum atomic E-state index is -1.04. The van der Waals surface area contributed by atoms with Gasteiger partial charge in [-0.15, -0.1) is 0 Å². The fraction of sp³-hybridized carbons (Fsp3) is 0.0588. The Labute approximate surface area is 152 Å². The molecular formula is C17H13ClFN5O2. The maximum Gasteiger partial charge on any atom is 0.322 e. The molecular weight excluding hydrogens is 361 g/mol. The summed E-state index contributed by atoms with van der Waals surface area (Å²) < 4.78 is 13.3. The van der Waals surface area contributed by atoms with E-state index in [1.165, 1.54) is 18.2 Å². The summed E-state index contributed by atoms with van der Waals surface area (Å²) in [6.07, 6.45) is 1.62. The Morgan fingerprint density at radius 1 is 1.15 bits per heavy atom. The number of nitrogens with one attached hydrogen (secondary N) is 2. The van der Waals surface area contributed by atoms with Gasteiger partial charge in [-0.05, 0) is 30.3 Å². The zero-order valence-corrected chi connectivity index (χ0v) is 14.0. The van der Waals surface area contributed by atoms with Gasteiger partial charge in [0.25, 0.3) is 0 Å². The number of halogens is 2. The van der Waals surface area contributed by atoms with Crippen molar-refractivity contribution in [3.63, 3.8) is 0 Å². The Morgan fingerprint density at radius 3 is 2.69 bits per heavy atom. The van der Waals surface area contributed by atoms with E-state index in [4.69, 9.17) is 16.7 Å². The molecule has 0 aliphatic heterocycles. The average molecular weight is 374 g/mol. The third-order valence-corrected chi connectivity index (χ3v) is 3.53. The van der Waals surface area contributed by atoms with Crippen LogP contribution in [0.25, 0.3) is 11.4 Å². The lowest BCUT2D eigenvalue weighted by Crippen LogP contribution is -2.15. The number of aliphatic carboxylic acids is 1. The molecule has 0 aliphatic rings. The average Bonchev–Trinajstić information content (AvgIpc) is 2.64. The van der Waals surface area contributed by atoms with Gasteiger partial charge < -0.3 is 15.7 Å². The summed E-state index contributed by atoms with van der Waals surface area (Å²) in [6, 6.07) is 11.1. The summed E-state index contributed by atoms with van der Waals surface area (Å²) in [5.41, 5.74) is 1.60. The molecule has 132 valence electrons. The Balaban J connectivity index is 1.95. The van der Waals surface area contributed by atoms with Gasteiger partial charge in [-0.3, -0.25) is 9.78 Å². The molecule has 3 N–H and O–H groups in total. The number of benzene rings is 1. The highest BCUT2D eigenvalue weighted by atomic mass is 35.5. The number of hydrogen-bond acceptors (Lipinski definition) is 6. The molecule has 1 aromatic carbocycles. The van der Waals surface area contributed by atoms with Crippen molar-refractivity contribution in [1.29, 1.82) is 0 Å². The van der Waals surface area contributed by atoms with Gasteiger partial charge in [0, 0.05) is 18.0 Å². The van der Waals surface area contributed by atoms with E-state index in [-0.39, 0.29) is 17.5 Å². The molecule has 0 aliphatic carbocycles. The highest BCUT2D eigenvalue weighted by Crippen LogP contribution is 2.25. The van der Waals surface area contributed by atoms with Crippen LogP contribution in [-0.4, -0.2) is 32.6 Å². The van der Waals surface area contributed by atoms with Crippen molar-refractivity contribution >= 4 is 35.0 Å². The molecule has 0 bridgehead atoms. The largest absolute Gasteiger partial charge is 0.480 e. The van der Waals surface area contributed by atoms with E-state index < -0.39 is 11.8 Å². The van der Waals surface area contributed by atoms with Gasteiger partial charge in [0.1, 0.15) is 18.2 Å². The molecule has 0 saturated heterocycles. The second-order valence-electron chi connectivity index (χ2n) is 5.18. The molecule has 3 rings (SSSR count). The number of carbonyl (C=O) groups is 1. The molecule has 9 heteroatoms. The first-order valence-electron chi connectivity index (χ1n) is 7.49. The monoisotopic (exact) mass is 373 g/mol. The van der Waals surface area contributed by atoms with Crippen LogP contribution in [0.4, 0.5) is 21.8 Å². The summed E-state index contributed by atoms with van der Waals surface area (Å²) in [4.78, 5) is 23.5. The van der Waals surface area contributed by atoms with Gasteiger partial charge in [-0.1, -0.05) is 17.7 Å². The number of carboxylic acid groups (broad SMARTS) is 1. The number of pyridine rings is 1. The van der Waals surface area contributed by atoms with E-state index in [0.717, 1.165) is 0 Å². The first kappa shape index (κ1) is 17.6. The van der Waals surface area contributed by atoms with Crippen LogP contribution in [0, 0.1) is 5.82 Å². The van der Waals surface area contributed by atoms with Crippen molar-refractivity contribution in [2.75, 3.05) is 17.2 Å². The molecule has 0 atom stereocenters. The molecule has 0 saturated carbocycles. The minimum Gasteiger partial charge on any atom is -0.480 e. The maximum absolute atomic E-state index is 13.3. The summed E-state index contributed by atoms with van der Waals surface area (Å²) >= 11 is 5.79. The predicted molar refractivity (Wildman–Crippen MR) is 96.1 cm³/mol. The zero-order valence-electron chi connectivity index (χ0n) is 13.3. The maximum atomic E-state index is 13.3. The number of nitrogens with zero attached hydrogens (tertiary/aromatic N) is 3. The predicted octanol–water partition coefficient (Wildman–Crippen LogP) is 3.57. The molecule has 26 heavy (non-hydrogen) atoms. The first-order chi connectivity index (χ1) is 12.5. The molecule has 7 nitrogen and oxygen atoms in total. The van der Waals surface area contributed by atoms with Crippen molar-refractivity contribution < 1.29 is 14.3 Å².